The minimum Gasteiger partial charge on any atom is -0.387 e. The standard InChI is InChI=1S/C18H28N4O3/c1-12(2)9-16(23)21-14-5-4-6-15(13(14)3)22-17(24)20-11-18(25)7-8-19-10-18/h4-6,12,19,25H,7-11H2,1-3H3,(H,21,23)(H2,20,22,24). The van der Waals surface area contributed by atoms with Crippen molar-refractivity contribution in [2.75, 3.05) is 30.3 Å². The van der Waals surface area contributed by atoms with Crippen molar-refractivity contribution in [1.29, 1.82) is 0 Å². The Morgan fingerprint density at radius 2 is 1.96 bits per heavy atom. The minimum absolute atomic E-state index is 0.0457. The zero-order valence-corrected chi connectivity index (χ0v) is 15.1. The van der Waals surface area contributed by atoms with Crippen LogP contribution in [0.25, 0.3) is 0 Å². The number of urea groups is 1. The first-order chi connectivity index (χ1) is 11.8. The van der Waals surface area contributed by atoms with E-state index >= 15 is 0 Å². The molecule has 1 saturated heterocycles. The maximum absolute atomic E-state index is 12.1. The predicted octanol–water partition coefficient (Wildman–Crippen LogP) is 1.83. The van der Waals surface area contributed by atoms with Gasteiger partial charge in [-0.1, -0.05) is 19.9 Å². The molecule has 3 amide bonds. The Hall–Kier alpha value is -2.12. The summed E-state index contributed by atoms with van der Waals surface area (Å²) in [6.07, 6.45) is 1.06. The number of benzene rings is 1. The van der Waals surface area contributed by atoms with Crippen LogP contribution < -0.4 is 21.3 Å². The van der Waals surface area contributed by atoms with Crippen LogP contribution in [-0.2, 0) is 4.79 Å². The second kappa shape index (κ2) is 8.31. The first-order valence-corrected chi connectivity index (χ1v) is 8.66. The molecular weight excluding hydrogens is 320 g/mol. The molecule has 1 aliphatic rings. The highest BCUT2D eigenvalue weighted by Crippen LogP contribution is 2.24. The highest BCUT2D eigenvalue weighted by Gasteiger charge is 2.31. The van der Waals surface area contributed by atoms with Crippen molar-refractivity contribution < 1.29 is 14.7 Å². The fraction of sp³-hybridized carbons (Fsp3) is 0.556. The Bertz CT molecular complexity index is 625. The van der Waals surface area contributed by atoms with E-state index in [9.17, 15) is 14.7 Å². The van der Waals surface area contributed by atoms with Gasteiger partial charge in [0.05, 0.1) is 5.60 Å². The van der Waals surface area contributed by atoms with Crippen LogP contribution in [0.2, 0.25) is 0 Å². The molecule has 25 heavy (non-hydrogen) atoms. The van der Waals surface area contributed by atoms with Gasteiger partial charge in [-0.15, -0.1) is 0 Å². The molecule has 1 aromatic rings. The van der Waals surface area contributed by atoms with E-state index in [2.05, 4.69) is 21.3 Å². The van der Waals surface area contributed by atoms with Crippen LogP contribution in [0.5, 0.6) is 0 Å². The van der Waals surface area contributed by atoms with Gasteiger partial charge >= 0.3 is 6.03 Å². The topological polar surface area (TPSA) is 102 Å². The normalized spacial score (nSPS) is 19.7. The third-order valence-corrected chi connectivity index (χ3v) is 4.25. The van der Waals surface area contributed by atoms with E-state index in [1.54, 1.807) is 12.1 Å². The molecule has 0 saturated carbocycles. The Morgan fingerprint density at radius 3 is 2.56 bits per heavy atom. The summed E-state index contributed by atoms with van der Waals surface area (Å²) in [4.78, 5) is 24.1. The number of nitrogens with one attached hydrogen (secondary N) is 4. The molecule has 5 N–H and O–H groups in total. The number of carbonyl (C=O) groups is 2. The number of aliphatic hydroxyl groups is 1. The van der Waals surface area contributed by atoms with Crippen LogP contribution in [0.3, 0.4) is 0 Å². The van der Waals surface area contributed by atoms with Gasteiger partial charge in [0.1, 0.15) is 0 Å². The largest absolute Gasteiger partial charge is 0.387 e. The molecule has 7 heteroatoms. The molecule has 0 aliphatic carbocycles. The quantitative estimate of drug-likeness (QED) is 0.541. The van der Waals surface area contributed by atoms with E-state index in [1.807, 2.05) is 26.8 Å². The SMILES string of the molecule is Cc1c(NC(=O)CC(C)C)cccc1NC(=O)NCC1(O)CCNC1. The molecule has 0 aromatic heterocycles. The molecule has 1 aromatic carbocycles. The fourth-order valence-corrected chi connectivity index (χ4v) is 2.77. The van der Waals surface area contributed by atoms with Crippen molar-refractivity contribution in [2.24, 2.45) is 5.92 Å². The summed E-state index contributed by atoms with van der Waals surface area (Å²) in [5.41, 5.74) is 1.20. The maximum atomic E-state index is 12.1. The summed E-state index contributed by atoms with van der Waals surface area (Å²) in [6.45, 7) is 7.23. The summed E-state index contributed by atoms with van der Waals surface area (Å²) in [5, 5.41) is 21.6. The lowest BCUT2D eigenvalue weighted by Crippen LogP contribution is -2.45. The maximum Gasteiger partial charge on any atom is 0.319 e. The van der Waals surface area contributed by atoms with Crippen LogP contribution >= 0.6 is 0 Å². The minimum atomic E-state index is -0.890. The van der Waals surface area contributed by atoms with Crippen molar-refractivity contribution in [3.8, 4) is 0 Å². The van der Waals surface area contributed by atoms with Gasteiger partial charge in [-0.2, -0.15) is 0 Å². The first-order valence-electron chi connectivity index (χ1n) is 8.66. The second-order valence-electron chi connectivity index (χ2n) is 7.08. The summed E-state index contributed by atoms with van der Waals surface area (Å²) in [5.74, 6) is 0.235. The lowest BCUT2D eigenvalue weighted by Gasteiger charge is -2.22. The van der Waals surface area contributed by atoms with Crippen molar-refractivity contribution in [2.45, 2.75) is 39.2 Å². The lowest BCUT2D eigenvalue weighted by molar-refractivity contribution is -0.116. The molecule has 0 radical (unpaired) electrons. The van der Waals surface area contributed by atoms with E-state index in [0.29, 0.717) is 30.8 Å². The lowest BCUT2D eigenvalue weighted by atomic mass is 10.0. The van der Waals surface area contributed by atoms with Gasteiger partial charge in [-0.25, -0.2) is 4.79 Å². The Balaban J connectivity index is 1.94. The number of hydrogen-bond donors (Lipinski definition) is 5. The average molecular weight is 348 g/mol. The fourth-order valence-electron chi connectivity index (χ4n) is 2.77. The van der Waals surface area contributed by atoms with Crippen LogP contribution in [0.4, 0.5) is 16.2 Å². The molecule has 2 rings (SSSR count). The molecule has 1 aliphatic heterocycles. The van der Waals surface area contributed by atoms with Crippen LogP contribution in [0.15, 0.2) is 18.2 Å². The molecule has 1 atom stereocenters. The van der Waals surface area contributed by atoms with E-state index < -0.39 is 5.60 Å². The van der Waals surface area contributed by atoms with Crippen molar-refractivity contribution in [1.82, 2.24) is 10.6 Å². The van der Waals surface area contributed by atoms with E-state index in [-0.39, 0.29) is 24.4 Å². The number of amides is 3. The van der Waals surface area contributed by atoms with Gasteiger partial charge in [0.15, 0.2) is 0 Å². The first kappa shape index (κ1) is 19.2. The van der Waals surface area contributed by atoms with Gasteiger partial charge in [0.2, 0.25) is 5.91 Å². The van der Waals surface area contributed by atoms with Crippen LogP contribution in [0, 0.1) is 12.8 Å². The van der Waals surface area contributed by atoms with Crippen LogP contribution in [0.1, 0.15) is 32.3 Å². The Labute approximate surface area is 148 Å². The van der Waals surface area contributed by atoms with Gasteiger partial charge in [-0.05, 0) is 43.5 Å². The van der Waals surface area contributed by atoms with E-state index in [0.717, 1.165) is 12.1 Å². The molecule has 0 bridgehead atoms. The molecule has 138 valence electrons. The summed E-state index contributed by atoms with van der Waals surface area (Å²) in [7, 11) is 0. The molecule has 1 heterocycles. The summed E-state index contributed by atoms with van der Waals surface area (Å²) < 4.78 is 0. The highest BCUT2D eigenvalue weighted by atomic mass is 16.3. The van der Waals surface area contributed by atoms with Crippen molar-refractivity contribution in [3.05, 3.63) is 23.8 Å². The third kappa shape index (κ3) is 5.72. The zero-order chi connectivity index (χ0) is 18.4. The average Bonchev–Trinajstić information content (AvgIpc) is 2.96. The monoisotopic (exact) mass is 348 g/mol. The molecule has 7 nitrogen and oxygen atoms in total. The third-order valence-electron chi connectivity index (χ3n) is 4.25. The molecular formula is C18H28N4O3. The zero-order valence-electron chi connectivity index (χ0n) is 15.1. The summed E-state index contributed by atoms with van der Waals surface area (Å²) in [6, 6.07) is 4.99. The number of carbonyl (C=O) groups excluding carboxylic acids is 2. The number of β-amino-alcohol motifs (C(OH)–C–C–N with tert-alkyl or cyclic N) is 1. The predicted molar refractivity (Wildman–Crippen MR) is 98.7 cm³/mol. The van der Waals surface area contributed by atoms with Gasteiger partial charge in [-0.3, -0.25) is 4.79 Å². The van der Waals surface area contributed by atoms with Crippen molar-refractivity contribution >= 4 is 23.3 Å². The van der Waals surface area contributed by atoms with Gasteiger partial charge < -0.3 is 26.4 Å². The number of rotatable bonds is 6. The highest BCUT2D eigenvalue weighted by molar-refractivity contribution is 5.95. The number of hydrogen-bond acceptors (Lipinski definition) is 4. The summed E-state index contributed by atoms with van der Waals surface area (Å²) >= 11 is 0. The Kier molecular flexibility index (Phi) is 6.39. The van der Waals surface area contributed by atoms with E-state index in [1.165, 1.54) is 0 Å². The second-order valence-corrected chi connectivity index (χ2v) is 7.08. The number of anilines is 2. The molecule has 0 spiro atoms. The van der Waals surface area contributed by atoms with Gasteiger partial charge in [0, 0.05) is 30.9 Å². The van der Waals surface area contributed by atoms with Crippen molar-refractivity contribution in [3.63, 3.8) is 0 Å². The Morgan fingerprint density at radius 1 is 1.28 bits per heavy atom. The smallest absolute Gasteiger partial charge is 0.319 e. The van der Waals surface area contributed by atoms with Crippen LogP contribution in [-0.4, -0.2) is 42.3 Å². The molecule has 1 unspecified atom stereocenters. The van der Waals surface area contributed by atoms with E-state index in [4.69, 9.17) is 0 Å². The van der Waals surface area contributed by atoms with Gasteiger partial charge in [0.25, 0.3) is 0 Å². The molecule has 1 fully saturated rings.